The van der Waals surface area contributed by atoms with E-state index in [2.05, 4.69) is 5.32 Å². The number of sulfonamides is 1. The Bertz CT molecular complexity index is 1220. The van der Waals surface area contributed by atoms with Crippen molar-refractivity contribution in [2.24, 2.45) is 0 Å². The molecule has 3 aromatic rings. The molecule has 0 aromatic heterocycles. The number of nitrogens with one attached hydrogen (secondary N) is 1. The van der Waals surface area contributed by atoms with Crippen LogP contribution < -0.4 is 9.62 Å². The van der Waals surface area contributed by atoms with Gasteiger partial charge in [0.15, 0.2) is 0 Å². The molecular formula is C25H26ClN3O4S. The Morgan fingerprint density at radius 2 is 1.47 bits per heavy atom. The summed E-state index contributed by atoms with van der Waals surface area (Å²) in [5.74, 6) is -0.873. The van der Waals surface area contributed by atoms with Crippen molar-refractivity contribution in [2.75, 3.05) is 17.9 Å². The van der Waals surface area contributed by atoms with Crippen LogP contribution in [-0.2, 0) is 26.2 Å². The number of halogens is 1. The second-order valence-electron chi connectivity index (χ2n) is 7.60. The highest BCUT2D eigenvalue weighted by Crippen LogP contribution is 2.26. The van der Waals surface area contributed by atoms with Crippen molar-refractivity contribution in [2.45, 2.75) is 24.4 Å². The fourth-order valence-corrected chi connectivity index (χ4v) is 4.99. The number of nitrogens with zero attached hydrogens (tertiary/aromatic N) is 2. The quantitative estimate of drug-likeness (QED) is 0.486. The Morgan fingerprint density at radius 3 is 2.03 bits per heavy atom. The minimum absolute atomic E-state index is 0.0479. The smallest absolute Gasteiger partial charge is 0.264 e. The predicted octanol–water partition coefficient (Wildman–Crippen LogP) is 3.70. The van der Waals surface area contributed by atoms with Gasteiger partial charge in [0.05, 0.1) is 10.6 Å². The highest BCUT2D eigenvalue weighted by Gasteiger charge is 2.32. The van der Waals surface area contributed by atoms with Crippen LogP contribution in [0.1, 0.15) is 12.5 Å². The fraction of sp³-hybridized carbons (Fsp3) is 0.200. The van der Waals surface area contributed by atoms with E-state index < -0.39 is 28.5 Å². The molecule has 3 aromatic carbocycles. The molecule has 0 bridgehead atoms. The normalized spacial score (nSPS) is 12.0. The van der Waals surface area contributed by atoms with Crippen LogP contribution in [0.3, 0.4) is 0 Å². The van der Waals surface area contributed by atoms with E-state index >= 15 is 0 Å². The van der Waals surface area contributed by atoms with Crippen molar-refractivity contribution in [3.8, 4) is 0 Å². The highest BCUT2D eigenvalue weighted by atomic mass is 35.5. The maximum atomic E-state index is 13.6. The number of benzene rings is 3. The van der Waals surface area contributed by atoms with Gasteiger partial charge in [-0.1, -0.05) is 60.1 Å². The summed E-state index contributed by atoms with van der Waals surface area (Å²) in [4.78, 5) is 27.4. The van der Waals surface area contributed by atoms with Gasteiger partial charge in [-0.15, -0.1) is 0 Å². The van der Waals surface area contributed by atoms with Crippen LogP contribution in [0.2, 0.25) is 5.02 Å². The lowest BCUT2D eigenvalue weighted by molar-refractivity contribution is -0.139. The molecule has 0 saturated carbocycles. The van der Waals surface area contributed by atoms with E-state index in [1.165, 1.54) is 24.1 Å². The first-order valence-corrected chi connectivity index (χ1v) is 12.4. The van der Waals surface area contributed by atoms with Gasteiger partial charge in [0.2, 0.25) is 11.8 Å². The summed E-state index contributed by atoms with van der Waals surface area (Å²) in [5, 5.41) is 2.99. The van der Waals surface area contributed by atoms with E-state index in [0.717, 1.165) is 9.87 Å². The average molecular weight is 500 g/mol. The monoisotopic (exact) mass is 499 g/mol. The van der Waals surface area contributed by atoms with Crippen LogP contribution in [0.25, 0.3) is 0 Å². The molecule has 3 rings (SSSR count). The van der Waals surface area contributed by atoms with Gasteiger partial charge >= 0.3 is 0 Å². The molecule has 0 fully saturated rings. The molecule has 2 amide bonds. The number of carbonyl (C=O) groups excluding carboxylic acids is 2. The zero-order valence-electron chi connectivity index (χ0n) is 18.9. The molecule has 34 heavy (non-hydrogen) atoms. The van der Waals surface area contributed by atoms with Crippen LogP contribution in [0, 0.1) is 0 Å². The van der Waals surface area contributed by atoms with Crippen LogP contribution in [-0.4, -0.2) is 44.8 Å². The van der Waals surface area contributed by atoms with Crippen LogP contribution in [0.15, 0.2) is 89.8 Å². The number of carbonyl (C=O) groups is 2. The fourth-order valence-electron chi connectivity index (χ4n) is 3.43. The maximum absolute atomic E-state index is 13.6. The zero-order chi connectivity index (χ0) is 24.7. The van der Waals surface area contributed by atoms with Gasteiger partial charge in [0.1, 0.15) is 12.6 Å². The lowest BCUT2D eigenvalue weighted by Crippen LogP contribution is -2.50. The van der Waals surface area contributed by atoms with Gasteiger partial charge in [0, 0.05) is 18.6 Å². The van der Waals surface area contributed by atoms with E-state index in [1.807, 2.05) is 30.3 Å². The second-order valence-corrected chi connectivity index (χ2v) is 9.90. The maximum Gasteiger partial charge on any atom is 0.264 e. The van der Waals surface area contributed by atoms with Crippen molar-refractivity contribution in [1.29, 1.82) is 0 Å². The number of hydrogen-bond donors (Lipinski definition) is 1. The summed E-state index contributed by atoms with van der Waals surface area (Å²) in [7, 11) is -2.59. The van der Waals surface area contributed by atoms with Crippen molar-refractivity contribution in [3.63, 3.8) is 0 Å². The molecular weight excluding hydrogens is 474 g/mol. The minimum atomic E-state index is -4.08. The molecule has 0 heterocycles. The Kier molecular flexibility index (Phi) is 8.31. The van der Waals surface area contributed by atoms with Crippen molar-refractivity contribution in [1.82, 2.24) is 10.2 Å². The van der Waals surface area contributed by atoms with Crippen molar-refractivity contribution in [3.05, 3.63) is 95.5 Å². The van der Waals surface area contributed by atoms with E-state index in [1.54, 1.807) is 49.4 Å². The first kappa shape index (κ1) is 25.3. The molecule has 0 spiro atoms. The lowest BCUT2D eigenvalue weighted by atomic mass is 10.1. The molecule has 7 nitrogen and oxygen atoms in total. The third kappa shape index (κ3) is 5.95. The molecule has 1 unspecified atom stereocenters. The summed E-state index contributed by atoms with van der Waals surface area (Å²) in [6.07, 6.45) is 0. The molecule has 0 aliphatic rings. The molecule has 0 aliphatic heterocycles. The van der Waals surface area contributed by atoms with Gasteiger partial charge in [-0.05, 0) is 48.9 Å². The Hall–Kier alpha value is -3.36. The summed E-state index contributed by atoms with van der Waals surface area (Å²) >= 11 is 6.00. The first-order chi connectivity index (χ1) is 16.2. The third-order valence-corrected chi connectivity index (χ3v) is 7.37. The van der Waals surface area contributed by atoms with Crippen LogP contribution in [0.4, 0.5) is 5.69 Å². The van der Waals surface area contributed by atoms with Gasteiger partial charge < -0.3 is 10.2 Å². The molecule has 1 N–H and O–H groups in total. The molecule has 9 heteroatoms. The van der Waals surface area contributed by atoms with Crippen LogP contribution >= 0.6 is 11.6 Å². The van der Waals surface area contributed by atoms with Crippen molar-refractivity contribution >= 4 is 39.1 Å². The van der Waals surface area contributed by atoms with E-state index in [0.29, 0.717) is 5.02 Å². The third-order valence-electron chi connectivity index (χ3n) is 5.33. The van der Waals surface area contributed by atoms with Gasteiger partial charge in [-0.3, -0.25) is 13.9 Å². The number of rotatable bonds is 9. The average Bonchev–Trinajstić information content (AvgIpc) is 2.86. The standard InChI is InChI=1S/C25H26ClN3O4S/c1-19(25(31)27-2)28(17-20-9-5-3-6-10-20)24(30)18-29(22-15-13-21(26)14-16-22)34(32,33)23-11-7-4-8-12-23/h3-16,19H,17-18H2,1-2H3,(H,27,31). The van der Waals surface area contributed by atoms with Crippen molar-refractivity contribution < 1.29 is 18.0 Å². The summed E-state index contributed by atoms with van der Waals surface area (Å²) < 4.78 is 28.1. The first-order valence-electron chi connectivity index (χ1n) is 10.6. The number of anilines is 1. The minimum Gasteiger partial charge on any atom is -0.357 e. The molecule has 0 radical (unpaired) electrons. The van der Waals surface area contributed by atoms with E-state index in [9.17, 15) is 18.0 Å². The Labute approximate surface area is 205 Å². The zero-order valence-corrected chi connectivity index (χ0v) is 20.5. The summed E-state index contributed by atoms with van der Waals surface area (Å²) in [5.41, 5.74) is 1.10. The summed E-state index contributed by atoms with van der Waals surface area (Å²) in [6.45, 7) is 1.26. The molecule has 0 saturated heterocycles. The molecule has 0 aliphatic carbocycles. The predicted molar refractivity (Wildman–Crippen MR) is 133 cm³/mol. The van der Waals surface area contributed by atoms with E-state index in [4.69, 9.17) is 11.6 Å². The SMILES string of the molecule is CNC(=O)C(C)N(Cc1ccccc1)C(=O)CN(c1ccc(Cl)cc1)S(=O)(=O)c1ccccc1. The highest BCUT2D eigenvalue weighted by molar-refractivity contribution is 7.92. The number of likely N-dealkylation sites (N-methyl/N-ethyl adjacent to an activating group) is 1. The van der Waals surface area contributed by atoms with Gasteiger partial charge in [-0.25, -0.2) is 8.42 Å². The molecule has 178 valence electrons. The number of amides is 2. The second kappa shape index (κ2) is 11.2. The topological polar surface area (TPSA) is 86.8 Å². The van der Waals surface area contributed by atoms with Gasteiger partial charge in [-0.2, -0.15) is 0 Å². The van der Waals surface area contributed by atoms with Gasteiger partial charge in [0.25, 0.3) is 10.0 Å². The lowest BCUT2D eigenvalue weighted by Gasteiger charge is -2.31. The van der Waals surface area contributed by atoms with E-state index in [-0.39, 0.29) is 23.0 Å². The summed E-state index contributed by atoms with van der Waals surface area (Å²) in [6, 6.07) is 22.5. The Morgan fingerprint density at radius 1 is 0.912 bits per heavy atom. The van der Waals surface area contributed by atoms with Crippen LogP contribution in [0.5, 0.6) is 0 Å². The Balaban J connectivity index is 2.00. The number of hydrogen-bond acceptors (Lipinski definition) is 4. The largest absolute Gasteiger partial charge is 0.357 e. The molecule has 1 atom stereocenters.